The van der Waals surface area contributed by atoms with Gasteiger partial charge in [0.2, 0.25) is 0 Å². The summed E-state index contributed by atoms with van der Waals surface area (Å²) >= 11 is 0. The fourth-order valence-corrected chi connectivity index (χ4v) is 1.81. The maximum absolute atomic E-state index is 11.9. The molecule has 1 aliphatic rings. The van der Waals surface area contributed by atoms with Gasteiger partial charge < -0.3 is 24.6 Å². The highest BCUT2D eigenvalue weighted by atomic mass is 16.5. The van der Waals surface area contributed by atoms with E-state index in [4.69, 9.17) is 19.3 Å². The second-order valence-electron chi connectivity index (χ2n) is 4.30. The molecule has 1 aromatic carbocycles. The van der Waals surface area contributed by atoms with Crippen LogP contribution < -0.4 is 14.8 Å². The quantitative estimate of drug-likeness (QED) is 0.746. The molecule has 1 aliphatic heterocycles. The van der Waals surface area contributed by atoms with Crippen molar-refractivity contribution in [3.63, 3.8) is 0 Å². The van der Waals surface area contributed by atoms with E-state index in [0.717, 1.165) is 6.42 Å². The van der Waals surface area contributed by atoms with Crippen molar-refractivity contribution < 1.29 is 24.1 Å². The lowest BCUT2D eigenvalue weighted by Crippen LogP contribution is -2.27. The Labute approximate surface area is 117 Å². The highest BCUT2D eigenvalue weighted by Gasteiger charge is 2.13. The first-order chi connectivity index (χ1) is 9.81. The molecule has 20 heavy (non-hydrogen) atoms. The first-order valence-corrected chi connectivity index (χ1v) is 6.67. The highest BCUT2D eigenvalue weighted by molar-refractivity contribution is 5.94. The Morgan fingerprint density at radius 3 is 2.85 bits per heavy atom. The SMILES string of the molecule is O=C(NCCOCCO)c1ccc2c(c1)OCCCO2. The Morgan fingerprint density at radius 2 is 2.05 bits per heavy atom. The van der Waals surface area contributed by atoms with Gasteiger partial charge in [0.05, 0.1) is 33.0 Å². The van der Waals surface area contributed by atoms with Crippen LogP contribution in [-0.2, 0) is 4.74 Å². The van der Waals surface area contributed by atoms with Crippen molar-refractivity contribution in [3.05, 3.63) is 23.8 Å². The van der Waals surface area contributed by atoms with Gasteiger partial charge in [-0.15, -0.1) is 0 Å². The van der Waals surface area contributed by atoms with Crippen LogP contribution in [0, 0.1) is 0 Å². The van der Waals surface area contributed by atoms with Crippen molar-refractivity contribution in [2.75, 3.05) is 39.6 Å². The zero-order chi connectivity index (χ0) is 14.2. The van der Waals surface area contributed by atoms with Gasteiger partial charge in [-0.2, -0.15) is 0 Å². The summed E-state index contributed by atoms with van der Waals surface area (Å²) in [5, 5.41) is 11.3. The Bertz CT molecular complexity index is 449. The van der Waals surface area contributed by atoms with Crippen LogP contribution >= 0.6 is 0 Å². The number of carbonyl (C=O) groups is 1. The third-order valence-electron chi connectivity index (χ3n) is 2.78. The Balaban J connectivity index is 1.88. The topological polar surface area (TPSA) is 77.0 Å². The second kappa shape index (κ2) is 7.72. The molecule has 1 aromatic rings. The van der Waals surface area contributed by atoms with E-state index >= 15 is 0 Å². The van der Waals surface area contributed by atoms with E-state index in [1.165, 1.54) is 0 Å². The van der Waals surface area contributed by atoms with Crippen molar-refractivity contribution >= 4 is 5.91 Å². The molecule has 0 aromatic heterocycles. The van der Waals surface area contributed by atoms with E-state index in [2.05, 4.69) is 5.32 Å². The molecule has 0 bridgehead atoms. The minimum Gasteiger partial charge on any atom is -0.490 e. The van der Waals surface area contributed by atoms with Crippen LogP contribution in [0.3, 0.4) is 0 Å². The number of rotatable bonds is 6. The van der Waals surface area contributed by atoms with E-state index in [0.29, 0.717) is 43.4 Å². The number of carbonyl (C=O) groups excluding carboxylic acids is 1. The molecule has 0 saturated carbocycles. The predicted octanol–water partition coefficient (Wildman–Crippen LogP) is 0.587. The largest absolute Gasteiger partial charge is 0.490 e. The van der Waals surface area contributed by atoms with Crippen LogP contribution in [0.15, 0.2) is 18.2 Å². The zero-order valence-corrected chi connectivity index (χ0v) is 11.3. The predicted molar refractivity (Wildman–Crippen MR) is 72.3 cm³/mol. The van der Waals surface area contributed by atoms with E-state index in [1.807, 2.05) is 0 Å². The van der Waals surface area contributed by atoms with Crippen LogP contribution in [0.4, 0.5) is 0 Å². The molecule has 6 heteroatoms. The fraction of sp³-hybridized carbons (Fsp3) is 0.500. The van der Waals surface area contributed by atoms with Gasteiger partial charge in [0.25, 0.3) is 5.91 Å². The van der Waals surface area contributed by atoms with Crippen LogP contribution in [0.2, 0.25) is 0 Å². The average molecular weight is 281 g/mol. The minimum absolute atomic E-state index is 0.0178. The first-order valence-electron chi connectivity index (χ1n) is 6.67. The average Bonchev–Trinajstić information content (AvgIpc) is 2.71. The lowest BCUT2D eigenvalue weighted by molar-refractivity contribution is 0.0838. The number of hydrogen-bond donors (Lipinski definition) is 2. The summed E-state index contributed by atoms with van der Waals surface area (Å²) in [6, 6.07) is 5.14. The third kappa shape index (κ3) is 4.11. The number of fused-ring (bicyclic) bond motifs is 1. The number of benzene rings is 1. The molecule has 1 heterocycles. The second-order valence-corrected chi connectivity index (χ2v) is 4.30. The molecule has 0 unspecified atom stereocenters. The van der Waals surface area contributed by atoms with Crippen LogP contribution in [0.25, 0.3) is 0 Å². The summed E-state index contributed by atoms with van der Waals surface area (Å²) in [7, 11) is 0. The monoisotopic (exact) mass is 281 g/mol. The number of aliphatic hydroxyl groups excluding tert-OH is 1. The van der Waals surface area contributed by atoms with Crippen molar-refractivity contribution in [3.8, 4) is 11.5 Å². The molecule has 0 saturated heterocycles. The summed E-state index contributed by atoms with van der Waals surface area (Å²) in [4.78, 5) is 11.9. The lowest BCUT2D eigenvalue weighted by Gasteiger charge is -2.10. The summed E-state index contributed by atoms with van der Waals surface area (Å²) < 4.78 is 16.1. The smallest absolute Gasteiger partial charge is 0.251 e. The molecule has 2 rings (SSSR count). The summed E-state index contributed by atoms with van der Waals surface area (Å²) in [6.45, 7) is 2.24. The first kappa shape index (κ1) is 14.6. The number of ether oxygens (including phenoxy) is 3. The van der Waals surface area contributed by atoms with Gasteiger partial charge in [-0.25, -0.2) is 0 Å². The van der Waals surface area contributed by atoms with Gasteiger partial charge in [-0.3, -0.25) is 4.79 Å². The summed E-state index contributed by atoms with van der Waals surface area (Å²) in [5.74, 6) is 1.09. The number of aliphatic hydroxyl groups is 1. The lowest BCUT2D eigenvalue weighted by atomic mass is 10.2. The maximum atomic E-state index is 11.9. The van der Waals surface area contributed by atoms with E-state index < -0.39 is 0 Å². The van der Waals surface area contributed by atoms with Crippen molar-refractivity contribution in [2.24, 2.45) is 0 Å². The van der Waals surface area contributed by atoms with Gasteiger partial charge >= 0.3 is 0 Å². The molecule has 1 amide bonds. The Kier molecular flexibility index (Phi) is 5.64. The number of amides is 1. The summed E-state index contributed by atoms with van der Waals surface area (Å²) in [6.07, 6.45) is 0.832. The maximum Gasteiger partial charge on any atom is 0.251 e. The number of hydrogen-bond acceptors (Lipinski definition) is 5. The Hall–Kier alpha value is -1.79. The molecular formula is C14H19NO5. The van der Waals surface area contributed by atoms with Gasteiger partial charge in [0.1, 0.15) is 0 Å². The van der Waals surface area contributed by atoms with Crippen LogP contribution in [0.1, 0.15) is 16.8 Å². The molecule has 0 atom stereocenters. The zero-order valence-electron chi connectivity index (χ0n) is 11.3. The Morgan fingerprint density at radius 1 is 1.25 bits per heavy atom. The van der Waals surface area contributed by atoms with E-state index in [9.17, 15) is 4.79 Å². The molecule has 6 nitrogen and oxygen atoms in total. The fourth-order valence-electron chi connectivity index (χ4n) is 1.81. The van der Waals surface area contributed by atoms with Crippen molar-refractivity contribution in [1.82, 2.24) is 5.32 Å². The van der Waals surface area contributed by atoms with E-state index in [-0.39, 0.29) is 19.1 Å². The van der Waals surface area contributed by atoms with Crippen LogP contribution in [0.5, 0.6) is 11.5 Å². The molecular weight excluding hydrogens is 262 g/mol. The highest BCUT2D eigenvalue weighted by Crippen LogP contribution is 2.30. The van der Waals surface area contributed by atoms with Gasteiger partial charge in [0.15, 0.2) is 11.5 Å². The van der Waals surface area contributed by atoms with E-state index in [1.54, 1.807) is 18.2 Å². The third-order valence-corrected chi connectivity index (χ3v) is 2.78. The molecule has 110 valence electrons. The molecule has 0 radical (unpaired) electrons. The van der Waals surface area contributed by atoms with Gasteiger partial charge in [-0.1, -0.05) is 0 Å². The van der Waals surface area contributed by atoms with Gasteiger partial charge in [-0.05, 0) is 18.2 Å². The molecule has 0 spiro atoms. The standard InChI is InChI=1S/C14H19NO5/c16-5-9-18-8-4-15-14(17)11-2-3-12-13(10-11)20-7-1-6-19-12/h2-3,10,16H,1,4-9H2,(H,15,17). The van der Waals surface area contributed by atoms with Crippen molar-refractivity contribution in [1.29, 1.82) is 0 Å². The van der Waals surface area contributed by atoms with Crippen molar-refractivity contribution in [2.45, 2.75) is 6.42 Å². The normalized spacial score (nSPS) is 13.7. The summed E-state index contributed by atoms with van der Waals surface area (Å²) in [5.41, 5.74) is 0.524. The minimum atomic E-state index is -0.187. The molecule has 0 aliphatic carbocycles. The molecule has 0 fully saturated rings. The van der Waals surface area contributed by atoms with Gasteiger partial charge in [0, 0.05) is 18.5 Å². The number of nitrogens with one attached hydrogen (secondary N) is 1. The van der Waals surface area contributed by atoms with Crippen LogP contribution in [-0.4, -0.2) is 50.6 Å². The molecule has 2 N–H and O–H groups in total.